The number of anilines is 1. The number of rotatable bonds is 9. The van der Waals surface area contributed by atoms with Crippen LogP contribution in [0, 0.1) is 11.3 Å². The summed E-state index contributed by atoms with van der Waals surface area (Å²) in [6, 6.07) is 19.8. The van der Waals surface area contributed by atoms with Crippen LogP contribution in [0.3, 0.4) is 0 Å². The number of carbonyl (C=O) groups is 2. The Hall–Kier alpha value is -3.99. The molecule has 1 saturated heterocycles. The van der Waals surface area contributed by atoms with Crippen molar-refractivity contribution >= 4 is 46.3 Å². The third-order valence-electron chi connectivity index (χ3n) is 5.51. The van der Waals surface area contributed by atoms with Crippen LogP contribution in [0.15, 0.2) is 78.2 Å². The molecule has 4 rings (SSSR count). The number of hydrogen-bond acceptors (Lipinski definition) is 6. The second-order valence-corrected chi connectivity index (χ2v) is 9.36. The van der Waals surface area contributed by atoms with Gasteiger partial charge in [-0.25, -0.2) is 4.90 Å². The van der Waals surface area contributed by atoms with Gasteiger partial charge in [0.05, 0.1) is 33.9 Å². The molecular formula is C29H23ClN2O4S. The van der Waals surface area contributed by atoms with Crippen molar-refractivity contribution in [3.05, 3.63) is 106 Å². The number of allylic oxidation sites excluding steroid dienone is 1. The lowest BCUT2D eigenvalue weighted by atomic mass is 10.0. The summed E-state index contributed by atoms with van der Waals surface area (Å²) >= 11 is 7.08. The van der Waals surface area contributed by atoms with Crippen LogP contribution in [0.25, 0.3) is 6.08 Å². The molecule has 2 amide bonds. The van der Waals surface area contributed by atoms with E-state index in [1.807, 2.05) is 25.1 Å². The number of thioether (sulfide) groups is 1. The fourth-order valence-corrected chi connectivity index (χ4v) is 4.92. The number of halogens is 1. The summed E-state index contributed by atoms with van der Waals surface area (Å²) in [6.45, 7) is 6.29. The van der Waals surface area contributed by atoms with Crippen molar-refractivity contribution in [2.45, 2.75) is 20.0 Å². The molecule has 3 aromatic carbocycles. The standard InChI is InChI=1S/C29H23ClN2O4S/c1-3-9-20-14-19(16-26-28(33)32(29(34)37-26)24-13-8-7-12-23(24)30)15-25(35-4-2)27(20)36-18-22-11-6-5-10-21(22)17-31/h3,5-8,10-16H,1,4,9,18H2,2H3/b26-16-. The molecular weight excluding hydrogens is 508 g/mol. The summed E-state index contributed by atoms with van der Waals surface area (Å²) in [5.41, 5.74) is 3.12. The van der Waals surface area contributed by atoms with E-state index in [0.29, 0.717) is 46.4 Å². The van der Waals surface area contributed by atoms with E-state index in [4.69, 9.17) is 21.1 Å². The first kappa shape index (κ1) is 26.1. The molecule has 0 spiro atoms. The lowest BCUT2D eigenvalue weighted by Crippen LogP contribution is -2.27. The van der Waals surface area contributed by atoms with E-state index in [1.165, 1.54) is 0 Å². The predicted octanol–water partition coefficient (Wildman–Crippen LogP) is 7.16. The van der Waals surface area contributed by atoms with Gasteiger partial charge >= 0.3 is 0 Å². The van der Waals surface area contributed by atoms with Crippen molar-refractivity contribution in [3.63, 3.8) is 0 Å². The van der Waals surface area contributed by atoms with E-state index in [1.54, 1.807) is 54.6 Å². The van der Waals surface area contributed by atoms with E-state index in [9.17, 15) is 14.9 Å². The maximum absolute atomic E-state index is 13.1. The highest BCUT2D eigenvalue weighted by molar-refractivity contribution is 8.19. The molecule has 0 bridgehead atoms. The number of para-hydroxylation sites is 1. The smallest absolute Gasteiger partial charge is 0.298 e. The molecule has 0 aliphatic carbocycles. The second-order valence-electron chi connectivity index (χ2n) is 7.96. The Bertz CT molecular complexity index is 1440. The first-order valence-corrected chi connectivity index (χ1v) is 12.7. The van der Waals surface area contributed by atoms with Crippen LogP contribution < -0.4 is 14.4 Å². The summed E-state index contributed by atoms with van der Waals surface area (Å²) in [6.07, 6.45) is 3.89. The Morgan fingerprint density at radius 2 is 1.84 bits per heavy atom. The molecule has 1 heterocycles. The topological polar surface area (TPSA) is 79.6 Å². The molecule has 1 aliphatic rings. The van der Waals surface area contributed by atoms with Gasteiger partial charge in [-0.05, 0) is 67.1 Å². The van der Waals surface area contributed by atoms with Gasteiger partial charge in [0.1, 0.15) is 6.61 Å². The summed E-state index contributed by atoms with van der Waals surface area (Å²) in [5, 5.41) is 9.30. The minimum Gasteiger partial charge on any atom is -0.490 e. The van der Waals surface area contributed by atoms with Gasteiger partial charge < -0.3 is 9.47 Å². The zero-order valence-electron chi connectivity index (χ0n) is 20.1. The number of ether oxygens (including phenoxy) is 2. The molecule has 1 aliphatic heterocycles. The van der Waals surface area contributed by atoms with Gasteiger partial charge in [0.25, 0.3) is 11.1 Å². The van der Waals surface area contributed by atoms with Crippen LogP contribution in [0.4, 0.5) is 10.5 Å². The zero-order valence-corrected chi connectivity index (χ0v) is 21.6. The number of carbonyl (C=O) groups excluding carboxylic acids is 2. The van der Waals surface area contributed by atoms with Crippen molar-refractivity contribution in [2.75, 3.05) is 11.5 Å². The van der Waals surface area contributed by atoms with Crippen molar-refractivity contribution in [2.24, 2.45) is 0 Å². The highest BCUT2D eigenvalue weighted by Crippen LogP contribution is 2.40. The summed E-state index contributed by atoms with van der Waals surface area (Å²) in [5.74, 6) is 0.587. The third kappa shape index (κ3) is 5.72. The molecule has 0 unspecified atom stereocenters. The molecule has 186 valence electrons. The number of hydrogen-bond donors (Lipinski definition) is 0. The molecule has 6 nitrogen and oxygen atoms in total. The van der Waals surface area contributed by atoms with E-state index < -0.39 is 11.1 Å². The summed E-state index contributed by atoms with van der Waals surface area (Å²) in [7, 11) is 0. The highest BCUT2D eigenvalue weighted by atomic mass is 35.5. The molecule has 0 radical (unpaired) electrons. The molecule has 37 heavy (non-hydrogen) atoms. The molecule has 3 aromatic rings. The zero-order chi connectivity index (χ0) is 26.4. The predicted molar refractivity (Wildman–Crippen MR) is 147 cm³/mol. The van der Waals surface area contributed by atoms with Crippen LogP contribution in [0.1, 0.15) is 29.2 Å². The maximum atomic E-state index is 13.1. The van der Waals surface area contributed by atoms with E-state index in [0.717, 1.165) is 27.8 Å². The quantitative estimate of drug-likeness (QED) is 0.216. The van der Waals surface area contributed by atoms with Gasteiger partial charge in [-0.15, -0.1) is 6.58 Å². The van der Waals surface area contributed by atoms with Gasteiger partial charge in [-0.3, -0.25) is 9.59 Å². The minimum atomic E-state index is -0.445. The van der Waals surface area contributed by atoms with Gasteiger partial charge in [0.15, 0.2) is 11.5 Å². The molecule has 0 aromatic heterocycles. The Kier molecular flexibility index (Phi) is 8.34. The SMILES string of the molecule is C=CCc1cc(/C=C2\SC(=O)N(c3ccccc3Cl)C2=O)cc(OCC)c1OCc1ccccc1C#N. The first-order chi connectivity index (χ1) is 18.0. The minimum absolute atomic E-state index is 0.185. The van der Waals surface area contributed by atoms with Crippen molar-refractivity contribution in [1.29, 1.82) is 5.26 Å². The van der Waals surface area contributed by atoms with Crippen molar-refractivity contribution in [1.82, 2.24) is 0 Å². The molecule has 8 heteroatoms. The first-order valence-electron chi connectivity index (χ1n) is 11.5. The van der Waals surface area contributed by atoms with Crippen LogP contribution >= 0.6 is 23.4 Å². The summed E-state index contributed by atoms with van der Waals surface area (Å²) < 4.78 is 12.0. The van der Waals surface area contributed by atoms with Crippen LogP contribution in [0.2, 0.25) is 5.02 Å². The lowest BCUT2D eigenvalue weighted by Gasteiger charge is -2.17. The van der Waals surface area contributed by atoms with Crippen molar-refractivity contribution < 1.29 is 19.1 Å². The van der Waals surface area contributed by atoms with Crippen LogP contribution in [-0.2, 0) is 17.8 Å². The van der Waals surface area contributed by atoms with Gasteiger partial charge in [0, 0.05) is 11.1 Å². The number of amides is 2. The number of benzene rings is 3. The second kappa shape index (κ2) is 11.8. The number of nitriles is 1. The van der Waals surface area contributed by atoms with Gasteiger partial charge in [-0.2, -0.15) is 5.26 Å². The molecule has 0 saturated carbocycles. The fourth-order valence-electron chi connectivity index (χ4n) is 3.87. The molecule has 0 atom stereocenters. The van der Waals surface area contributed by atoms with Gasteiger partial charge in [-0.1, -0.05) is 48.0 Å². The van der Waals surface area contributed by atoms with Crippen LogP contribution in [0.5, 0.6) is 11.5 Å². The normalized spacial score (nSPS) is 14.1. The average Bonchev–Trinajstić information content (AvgIpc) is 3.16. The van der Waals surface area contributed by atoms with E-state index >= 15 is 0 Å². The Morgan fingerprint density at radius 3 is 2.57 bits per heavy atom. The Balaban J connectivity index is 1.69. The molecule has 0 N–H and O–H groups in total. The van der Waals surface area contributed by atoms with E-state index in [2.05, 4.69) is 12.6 Å². The highest BCUT2D eigenvalue weighted by Gasteiger charge is 2.37. The lowest BCUT2D eigenvalue weighted by molar-refractivity contribution is -0.113. The van der Waals surface area contributed by atoms with E-state index in [-0.39, 0.29) is 11.5 Å². The average molecular weight is 531 g/mol. The van der Waals surface area contributed by atoms with Gasteiger partial charge in [0.2, 0.25) is 0 Å². The Morgan fingerprint density at radius 1 is 1.08 bits per heavy atom. The van der Waals surface area contributed by atoms with Crippen LogP contribution in [-0.4, -0.2) is 17.8 Å². The summed E-state index contributed by atoms with van der Waals surface area (Å²) in [4.78, 5) is 27.2. The monoisotopic (exact) mass is 530 g/mol. The number of nitrogens with zero attached hydrogens (tertiary/aromatic N) is 2. The molecule has 1 fully saturated rings. The maximum Gasteiger partial charge on any atom is 0.298 e. The fraction of sp³-hybridized carbons (Fsp3) is 0.138. The largest absolute Gasteiger partial charge is 0.490 e. The van der Waals surface area contributed by atoms with Crippen molar-refractivity contribution in [3.8, 4) is 17.6 Å². The third-order valence-corrected chi connectivity index (χ3v) is 6.70. The Labute approximate surface area is 224 Å². The number of imide groups is 1.